The molecule has 0 bridgehead atoms. The lowest BCUT2D eigenvalue weighted by Gasteiger charge is -2.11. The summed E-state index contributed by atoms with van der Waals surface area (Å²) < 4.78 is 4.69. The van der Waals surface area contributed by atoms with Crippen molar-refractivity contribution in [2.75, 3.05) is 17.7 Å². The monoisotopic (exact) mass is 390 g/mol. The molecule has 0 spiro atoms. The molecule has 0 radical (unpaired) electrons. The zero-order valence-electron chi connectivity index (χ0n) is 16.5. The van der Waals surface area contributed by atoms with Crippen LogP contribution in [-0.4, -0.2) is 29.0 Å². The van der Waals surface area contributed by atoms with Crippen LogP contribution < -0.4 is 10.6 Å². The largest absolute Gasteiger partial charge is 0.465 e. The average Bonchev–Trinajstić information content (AvgIpc) is 2.73. The molecule has 0 atom stereocenters. The summed E-state index contributed by atoms with van der Waals surface area (Å²) in [7, 11) is 1.33. The SMILES string of the molecule is CCc1ccccc1NC(=O)c1cc(C)nc(Nc2ccc(C(=O)OC)cc2)n1. The minimum Gasteiger partial charge on any atom is -0.465 e. The molecular formula is C22H22N4O3. The van der Waals surface area contributed by atoms with Crippen LogP contribution in [0.4, 0.5) is 17.3 Å². The lowest BCUT2D eigenvalue weighted by molar-refractivity contribution is 0.0600. The molecule has 0 aliphatic carbocycles. The van der Waals surface area contributed by atoms with Crippen LogP contribution in [0.15, 0.2) is 54.6 Å². The van der Waals surface area contributed by atoms with Gasteiger partial charge in [0.25, 0.3) is 5.91 Å². The Kier molecular flexibility index (Phi) is 6.19. The number of nitrogens with one attached hydrogen (secondary N) is 2. The van der Waals surface area contributed by atoms with Crippen molar-refractivity contribution >= 4 is 29.2 Å². The number of ether oxygens (including phenoxy) is 1. The summed E-state index contributed by atoms with van der Waals surface area (Å²) in [5.41, 5.74) is 3.86. The van der Waals surface area contributed by atoms with E-state index in [4.69, 9.17) is 0 Å². The number of rotatable bonds is 6. The Labute approximate surface area is 169 Å². The third-order valence-electron chi connectivity index (χ3n) is 4.30. The quantitative estimate of drug-likeness (QED) is 0.615. The van der Waals surface area contributed by atoms with E-state index in [1.54, 1.807) is 37.3 Å². The molecule has 0 aliphatic heterocycles. The third kappa shape index (κ3) is 4.95. The number of esters is 1. The van der Waals surface area contributed by atoms with Gasteiger partial charge in [-0.1, -0.05) is 25.1 Å². The Balaban J connectivity index is 1.79. The maximum absolute atomic E-state index is 12.7. The van der Waals surface area contributed by atoms with E-state index in [2.05, 4.69) is 25.3 Å². The van der Waals surface area contributed by atoms with Crippen molar-refractivity contribution in [2.45, 2.75) is 20.3 Å². The number of anilines is 3. The van der Waals surface area contributed by atoms with E-state index in [9.17, 15) is 9.59 Å². The number of aryl methyl sites for hydroxylation is 2. The van der Waals surface area contributed by atoms with Gasteiger partial charge in [-0.25, -0.2) is 14.8 Å². The van der Waals surface area contributed by atoms with Gasteiger partial charge in [-0.15, -0.1) is 0 Å². The second-order valence-electron chi connectivity index (χ2n) is 6.38. The summed E-state index contributed by atoms with van der Waals surface area (Å²) in [6, 6.07) is 16.0. The molecule has 0 saturated heterocycles. The maximum Gasteiger partial charge on any atom is 0.337 e. The number of hydrogen-bond acceptors (Lipinski definition) is 6. The highest BCUT2D eigenvalue weighted by Gasteiger charge is 2.13. The molecule has 2 aromatic carbocycles. The normalized spacial score (nSPS) is 10.3. The van der Waals surface area contributed by atoms with E-state index >= 15 is 0 Å². The first-order valence-electron chi connectivity index (χ1n) is 9.20. The van der Waals surface area contributed by atoms with Gasteiger partial charge in [-0.2, -0.15) is 0 Å². The van der Waals surface area contributed by atoms with Gasteiger partial charge in [0.15, 0.2) is 0 Å². The van der Waals surface area contributed by atoms with Gasteiger partial charge in [0, 0.05) is 17.1 Å². The Morgan fingerprint density at radius 3 is 2.45 bits per heavy atom. The van der Waals surface area contributed by atoms with Crippen molar-refractivity contribution in [1.29, 1.82) is 0 Å². The lowest BCUT2D eigenvalue weighted by atomic mass is 10.1. The second kappa shape index (κ2) is 8.97. The molecule has 0 unspecified atom stereocenters. The molecule has 1 heterocycles. The molecule has 3 aromatic rings. The van der Waals surface area contributed by atoms with Gasteiger partial charge in [0.1, 0.15) is 5.69 Å². The maximum atomic E-state index is 12.7. The fourth-order valence-electron chi connectivity index (χ4n) is 2.81. The van der Waals surface area contributed by atoms with Gasteiger partial charge in [0.05, 0.1) is 12.7 Å². The van der Waals surface area contributed by atoms with Gasteiger partial charge >= 0.3 is 5.97 Å². The molecule has 3 rings (SSSR count). The van der Waals surface area contributed by atoms with Crippen molar-refractivity contribution in [2.24, 2.45) is 0 Å². The molecule has 0 aliphatic rings. The van der Waals surface area contributed by atoms with E-state index in [0.29, 0.717) is 22.9 Å². The third-order valence-corrected chi connectivity index (χ3v) is 4.30. The molecule has 2 N–H and O–H groups in total. The van der Waals surface area contributed by atoms with Crippen LogP contribution in [0.3, 0.4) is 0 Å². The summed E-state index contributed by atoms with van der Waals surface area (Å²) in [5, 5.41) is 5.97. The van der Waals surface area contributed by atoms with Crippen molar-refractivity contribution < 1.29 is 14.3 Å². The number of methoxy groups -OCH3 is 1. The van der Waals surface area contributed by atoms with Gasteiger partial charge in [-0.3, -0.25) is 4.79 Å². The second-order valence-corrected chi connectivity index (χ2v) is 6.38. The van der Waals surface area contributed by atoms with Crippen molar-refractivity contribution in [1.82, 2.24) is 9.97 Å². The number of hydrogen-bond donors (Lipinski definition) is 2. The van der Waals surface area contributed by atoms with Crippen LogP contribution in [0.2, 0.25) is 0 Å². The summed E-state index contributed by atoms with van der Waals surface area (Å²) in [6.07, 6.45) is 0.813. The highest BCUT2D eigenvalue weighted by molar-refractivity contribution is 6.03. The van der Waals surface area contributed by atoms with Gasteiger partial charge in [-0.05, 0) is 55.3 Å². The zero-order valence-corrected chi connectivity index (χ0v) is 16.5. The number of amides is 1. The van der Waals surface area contributed by atoms with Gasteiger partial charge < -0.3 is 15.4 Å². The van der Waals surface area contributed by atoms with Crippen LogP contribution >= 0.6 is 0 Å². The average molecular weight is 390 g/mol. The summed E-state index contributed by atoms with van der Waals surface area (Å²) in [4.78, 5) is 32.9. The number of carbonyl (C=O) groups is 2. The molecule has 29 heavy (non-hydrogen) atoms. The highest BCUT2D eigenvalue weighted by Crippen LogP contribution is 2.18. The van der Waals surface area contributed by atoms with Crippen molar-refractivity contribution in [3.63, 3.8) is 0 Å². The molecule has 7 heteroatoms. The first kappa shape index (κ1) is 20.0. The summed E-state index contributed by atoms with van der Waals surface area (Å²) >= 11 is 0. The first-order chi connectivity index (χ1) is 14.0. The number of benzene rings is 2. The Morgan fingerprint density at radius 2 is 1.76 bits per heavy atom. The molecule has 0 saturated carbocycles. The Hall–Kier alpha value is -3.74. The topological polar surface area (TPSA) is 93.2 Å². The zero-order chi connectivity index (χ0) is 20.8. The molecule has 0 fully saturated rings. The van der Waals surface area contributed by atoms with Crippen LogP contribution in [-0.2, 0) is 11.2 Å². The van der Waals surface area contributed by atoms with E-state index in [1.165, 1.54) is 7.11 Å². The van der Waals surface area contributed by atoms with Gasteiger partial charge in [0.2, 0.25) is 5.95 Å². The smallest absolute Gasteiger partial charge is 0.337 e. The molecule has 1 amide bonds. The van der Waals surface area contributed by atoms with Crippen LogP contribution in [0.5, 0.6) is 0 Å². The number of nitrogens with zero attached hydrogens (tertiary/aromatic N) is 2. The summed E-state index contributed by atoms with van der Waals surface area (Å²) in [5.74, 6) is -0.417. The number of para-hydroxylation sites is 1. The minimum atomic E-state index is -0.408. The van der Waals surface area contributed by atoms with E-state index < -0.39 is 5.97 Å². The Morgan fingerprint density at radius 1 is 1.03 bits per heavy atom. The molecule has 7 nitrogen and oxygen atoms in total. The number of carbonyl (C=O) groups excluding carboxylic acids is 2. The van der Waals surface area contributed by atoms with Crippen molar-refractivity contribution in [3.05, 3.63) is 77.1 Å². The van der Waals surface area contributed by atoms with Crippen LogP contribution in [0.1, 0.15) is 39.0 Å². The van der Waals surface area contributed by atoms with E-state index in [0.717, 1.165) is 17.7 Å². The fraction of sp³-hybridized carbons (Fsp3) is 0.182. The standard InChI is InChI=1S/C22H22N4O3/c1-4-15-7-5-6-8-18(15)25-20(27)19-13-14(2)23-22(26-19)24-17-11-9-16(10-12-17)21(28)29-3/h5-13H,4H2,1-3H3,(H,25,27)(H,23,24,26). The van der Waals surface area contributed by atoms with E-state index in [1.807, 2.05) is 31.2 Å². The molecule has 148 valence electrons. The summed E-state index contributed by atoms with van der Waals surface area (Å²) in [6.45, 7) is 3.83. The molecular weight excluding hydrogens is 368 g/mol. The molecule has 1 aromatic heterocycles. The lowest BCUT2D eigenvalue weighted by Crippen LogP contribution is -2.16. The Bertz CT molecular complexity index is 1030. The fourth-order valence-corrected chi connectivity index (χ4v) is 2.81. The van der Waals surface area contributed by atoms with Crippen LogP contribution in [0, 0.1) is 6.92 Å². The van der Waals surface area contributed by atoms with Crippen LogP contribution in [0.25, 0.3) is 0 Å². The van der Waals surface area contributed by atoms with E-state index in [-0.39, 0.29) is 11.6 Å². The highest BCUT2D eigenvalue weighted by atomic mass is 16.5. The van der Waals surface area contributed by atoms with Crippen molar-refractivity contribution in [3.8, 4) is 0 Å². The minimum absolute atomic E-state index is 0.261. The first-order valence-corrected chi connectivity index (χ1v) is 9.20. The predicted octanol–water partition coefficient (Wildman–Crippen LogP) is 4.13. The predicted molar refractivity (Wildman–Crippen MR) is 112 cm³/mol. The number of aromatic nitrogens is 2.